The summed E-state index contributed by atoms with van der Waals surface area (Å²) in [5, 5.41) is 10.4. The second-order valence-corrected chi connectivity index (χ2v) is 3.89. The van der Waals surface area contributed by atoms with Gasteiger partial charge in [-0.3, -0.25) is 10.1 Å². The van der Waals surface area contributed by atoms with E-state index in [-0.39, 0.29) is 10.6 Å². The van der Waals surface area contributed by atoms with E-state index in [9.17, 15) is 10.1 Å². The largest absolute Gasteiger partial charge is 0.259 e. The van der Waals surface area contributed by atoms with Crippen LogP contribution in [0, 0.1) is 10.1 Å². The third-order valence-corrected chi connectivity index (χ3v) is 2.46. The molecule has 16 heavy (non-hydrogen) atoms. The maximum Gasteiger partial charge on any atom is 0.243 e. The lowest BCUT2D eigenvalue weighted by atomic mass is 10.1. The van der Waals surface area contributed by atoms with Gasteiger partial charge >= 0.3 is 0 Å². The topological polar surface area (TPSA) is 43.1 Å². The van der Waals surface area contributed by atoms with Gasteiger partial charge in [-0.05, 0) is 24.0 Å². The van der Waals surface area contributed by atoms with Crippen LogP contribution in [0.1, 0.15) is 37.8 Å². The van der Waals surface area contributed by atoms with E-state index in [4.69, 9.17) is 0 Å². The fourth-order valence-electron chi connectivity index (χ4n) is 1.46. The normalized spacial score (nSPS) is 11.5. The molecule has 1 aromatic carbocycles. The summed E-state index contributed by atoms with van der Waals surface area (Å²) in [6.07, 6.45) is 5.03. The fourth-order valence-corrected chi connectivity index (χ4v) is 1.46. The van der Waals surface area contributed by atoms with Crippen LogP contribution in [0.25, 0.3) is 6.08 Å². The van der Waals surface area contributed by atoms with Crippen LogP contribution in [-0.2, 0) is 6.42 Å². The van der Waals surface area contributed by atoms with E-state index >= 15 is 0 Å². The number of hydrogen-bond donors (Lipinski definition) is 0. The Morgan fingerprint density at radius 2 is 2.00 bits per heavy atom. The molecular weight excluding hydrogens is 202 g/mol. The van der Waals surface area contributed by atoms with Gasteiger partial charge in [-0.1, -0.05) is 37.6 Å². The molecule has 3 nitrogen and oxygen atoms in total. The number of benzene rings is 1. The van der Waals surface area contributed by atoms with Crippen molar-refractivity contribution in [2.75, 3.05) is 0 Å². The minimum atomic E-state index is -0.370. The Kier molecular flexibility index (Phi) is 4.70. The first-order chi connectivity index (χ1) is 7.63. The molecule has 0 saturated carbocycles. The van der Waals surface area contributed by atoms with Gasteiger partial charge in [-0.15, -0.1) is 0 Å². The Bertz CT molecular complexity index is 379. The van der Waals surface area contributed by atoms with E-state index in [0.29, 0.717) is 0 Å². The smallest absolute Gasteiger partial charge is 0.243 e. The van der Waals surface area contributed by atoms with E-state index in [2.05, 4.69) is 6.92 Å². The number of hydrogen-bond acceptors (Lipinski definition) is 2. The minimum absolute atomic E-state index is 0.168. The van der Waals surface area contributed by atoms with Crippen LogP contribution in [0.3, 0.4) is 0 Å². The highest BCUT2D eigenvalue weighted by Crippen LogP contribution is 2.11. The average Bonchev–Trinajstić information content (AvgIpc) is 2.28. The molecule has 1 rings (SSSR count). The standard InChI is InChI=1S/C13H17NO2/c1-3-4-5-12-6-8-13(9-7-12)10-11(2)14(15)16/h6-10H,3-5H2,1-2H3. The summed E-state index contributed by atoms with van der Waals surface area (Å²) in [5.41, 5.74) is 2.34. The SMILES string of the molecule is CCCCc1ccc(C=C(C)[N+](=O)[O-])cc1. The molecule has 86 valence electrons. The van der Waals surface area contributed by atoms with Crippen LogP contribution < -0.4 is 0 Å². The molecule has 0 bridgehead atoms. The monoisotopic (exact) mass is 219 g/mol. The Hall–Kier alpha value is -1.64. The number of rotatable bonds is 5. The molecule has 0 aliphatic heterocycles. The minimum Gasteiger partial charge on any atom is -0.259 e. The molecule has 3 heteroatoms. The van der Waals surface area contributed by atoms with E-state index in [0.717, 1.165) is 12.0 Å². The summed E-state index contributed by atoms with van der Waals surface area (Å²) >= 11 is 0. The van der Waals surface area contributed by atoms with Gasteiger partial charge in [0.15, 0.2) is 0 Å². The van der Waals surface area contributed by atoms with Gasteiger partial charge in [0.25, 0.3) is 0 Å². The predicted octanol–water partition coefficient (Wildman–Crippen LogP) is 3.67. The van der Waals surface area contributed by atoms with Crippen molar-refractivity contribution in [3.63, 3.8) is 0 Å². The van der Waals surface area contributed by atoms with Gasteiger partial charge in [0.2, 0.25) is 5.70 Å². The van der Waals surface area contributed by atoms with Crippen molar-refractivity contribution < 1.29 is 4.92 Å². The summed E-state index contributed by atoms with van der Waals surface area (Å²) < 4.78 is 0. The van der Waals surface area contributed by atoms with Gasteiger partial charge in [0, 0.05) is 13.0 Å². The molecule has 0 aromatic heterocycles. The zero-order valence-electron chi connectivity index (χ0n) is 9.77. The number of aryl methyl sites for hydroxylation is 1. The second kappa shape index (κ2) is 6.05. The summed E-state index contributed by atoms with van der Waals surface area (Å²) in [5.74, 6) is 0. The first-order valence-corrected chi connectivity index (χ1v) is 5.55. The third-order valence-electron chi connectivity index (χ3n) is 2.46. The molecule has 0 unspecified atom stereocenters. The molecule has 0 aliphatic rings. The first kappa shape index (κ1) is 12.4. The fraction of sp³-hybridized carbons (Fsp3) is 0.385. The molecular formula is C13H17NO2. The Morgan fingerprint density at radius 3 is 2.50 bits per heavy atom. The highest BCUT2D eigenvalue weighted by molar-refractivity contribution is 5.51. The number of allylic oxidation sites excluding steroid dienone is 1. The van der Waals surface area contributed by atoms with Gasteiger partial charge in [-0.2, -0.15) is 0 Å². The predicted molar refractivity (Wildman–Crippen MR) is 65.7 cm³/mol. The van der Waals surface area contributed by atoms with Crippen LogP contribution >= 0.6 is 0 Å². The van der Waals surface area contributed by atoms with Crippen molar-refractivity contribution in [1.82, 2.24) is 0 Å². The van der Waals surface area contributed by atoms with Crippen molar-refractivity contribution in [3.8, 4) is 0 Å². The van der Waals surface area contributed by atoms with Crippen molar-refractivity contribution in [2.24, 2.45) is 0 Å². The Morgan fingerprint density at radius 1 is 1.38 bits per heavy atom. The van der Waals surface area contributed by atoms with E-state index in [1.807, 2.05) is 24.3 Å². The van der Waals surface area contributed by atoms with E-state index < -0.39 is 0 Å². The van der Waals surface area contributed by atoms with Gasteiger partial charge in [0.1, 0.15) is 0 Å². The molecule has 0 N–H and O–H groups in total. The van der Waals surface area contributed by atoms with Crippen LogP contribution in [-0.4, -0.2) is 4.92 Å². The number of unbranched alkanes of at least 4 members (excludes halogenated alkanes) is 1. The van der Waals surface area contributed by atoms with Crippen molar-refractivity contribution >= 4 is 6.08 Å². The molecule has 0 amide bonds. The summed E-state index contributed by atoms with van der Waals surface area (Å²) in [7, 11) is 0. The summed E-state index contributed by atoms with van der Waals surface area (Å²) in [4.78, 5) is 10.1. The number of nitro groups is 1. The van der Waals surface area contributed by atoms with Gasteiger partial charge in [0.05, 0.1) is 4.92 Å². The van der Waals surface area contributed by atoms with Crippen LogP contribution in [0.15, 0.2) is 30.0 Å². The Balaban J connectivity index is 2.71. The van der Waals surface area contributed by atoms with Gasteiger partial charge in [-0.25, -0.2) is 0 Å². The van der Waals surface area contributed by atoms with Crippen LogP contribution in [0.2, 0.25) is 0 Å². The molecule has 0 spiro atoms. The van der Waals surface area contributed by atoms with Crippen molar-refractivity contribution in [1.29, 1.82) is 0 Å². The van der Waals surface area contributed by atoms with E-state index in [1.54, 1.807) is 6.08 Å². The Labute approximate surface area is 95.9 Å². The molecule has 0 fully saturated rings. The third kappa shape index (κ3) is 3.85. The lowest BCUT2D eigenvalue weighted by Gasteiger charge is -2.00. The molecule has 0 aliphatic carbocycles. The van der Waals surface area contributed by atoms with Crippen molar-refractivity contribution in [3.05, 3.63) is 51.2 Å². The molecule has 0 heterocycles. The summed E-state index contributed by atoms with van der Waals surface area (Å²) in [6, 6.07) is 7.93. The molecule has 0 saturated heterocycles. The lowest BCUT2D eigenvalue weighted by molar-refractivity contribution is -0.422. The average molecular weight is 219 g/mol. The van der Waals surface area contributed by atoms with Gasteiger partial charge < -0.3 is 0 Å². The molecule has 1 aromatic rings. The second-order valence-electron chi connectivity index (χ2n) is 3.89. The van der Waals surface area contributed by atoms with Crippen LogP contribution in [0.5, 0.6) is 0 Å². The quantitative estimate of drug-likeness (QED) is 0.560. The highest BCUT2D eigenvalue weighted by Gasteiger charge is 2.01. The lowest BCUT2D eigenvalue weighted by Crippen LogP contribution is -1.93. The summed E-state index contributed by atoms with van der Waals surface area (Å²) in [6.45, 7) is 3.67. The molecule has 0 radical (unpaired) electrons. The maximum atomic E-state index is 10.4. The first-order valence-electron chi connectivity index (χ1n) is 5.55. The number of nitrogens with zero attached hydrogens (tertiary/aromatic N) is 1. The van der Waals surface area contributed by atoms with E-state index in [1.165, 1.54) is 25.3 Å². The zero-order chi connectivity index (χ0) is 12.0. The zero-order valence-corrected chi connectivity index (χ0v) is 9.77. The highest BCUT2D eigenvalue weighted by atomic mass is 16.6. The molecule has 0 atom stereocenters. The van der Waals surface area contributed by atoms with Crippen LogP contribution in [0.4, 0.5) is 0 Å². The maximum absolute atomic E-state index is 10.4. The van der Waals surface area contributed by atoms with Crippen molar-refractivity contribution in [2.45, 2.75) is 33.1 Å².